The van der Waals surface area contributed by atoms with Gasteiger partial charge in [-0.3, -0.25) is 4.99 Å². The molecule has 4 nitrogen and oxygen atoms in total. The van der Waals surface area contributed by atoms with Gasteiger partial charge in [-0.1, -0.05) is 31.0 Å². The molecule has 0 aromatic heterocycles. The maximum Gasteiger partial charge on any atom is 0.191 e. The molecular weight excluding hydrogens is 260 g/mol. The van der Waals surface area contributed by atoms with E-state index >= 15 is 0 Å². The third-order valence-electron chi connectivity index (χ3n) is 4.08. The van der Waals surface area contributed by atoms with Crippen LogP contribution in [-0.4, -0.2) is 39.2 Å². The third-order valence-corrected chi connectivity index (χ3v) is 4.08. The molecule has 21 heavy (non-hydrogen) atoms. The van der Waals surface area contributed by atoms with Crippen LogP contribution in [0.25, 0.3) is 0 Å². The predicted molar refractivity (Wildman–Crippen MR) is 91.1 cm³/mol. The molecule has 0 bridgehead atoms. The van der Waals surface area contributed by atoms with Gasteiger partial charge in [0.25, 0.3) is 0 Å². The lowest BCUT2D eigenvalue weighted by Crippen LogP contribution is -2.43. The predicted octanol–water partition coefficient (Wildman–Crippen LogP) is 2.62. The Morgan fingerprint density at radius 2 is 1.95 bits per heavy atom. The minimum Gasteiger partial charge on any atom is -0.375 e. The molecule has 1 aliphatic carbocycles. The molecule has 0 atom stereocenters. The van der Waals surface area contributed by atoms with Crippen molar-refractivity contribution in [3.63, 3.8) is 0 Å². The van der Waals surface area contributed by atoms with Gasteiger partial charge in [-0.25, -0.2) is 0 Å². The summed E-state index contributed by atoms with van der Waals surface area (Å²) in [6, 6.07) is 11.1. The van der Waals surface area contributed by atoms with E-state index in [0.29, 0.717) is 6.04 Å². The Labute approximate surface area is 128 Å². The van der Waals surface area contributed by atoms with Gasteiger partial charge in [0.1, 0.15) is 0 Å². The van der Waals surface area contributed by atoms with Crippen LogP contribution in [0.1, 0.15) is 32.1 Å². The molecule has 1 saturated carbocycles. The van der Waals surface area contributed by atoms with Gasteiger partial charge >= 0.3 is 0 Å². The number of hydrogen-bond donors (Lipinski definition) is 2. The number of nitrogens with zero attached hydrogens (tertiary/aromatic N) is 2. The summed E-state index contributed by atoms with van der Waals surface area (Å²) in [6.45, 7) is 1.99. The summed E-state index contributed by atoms with van der Waals surface area (Å²) in [5.41, 5.74) is 1.27. The quantitative estimate of drug-likeness (QED) is 0.480. The highest BCUT2D eigenvalue weighted by Gasteiger charge is 2.15. The largest absolute Gasteiger partial charge is 0.375 e. The number of aliphatic imine (C=N–C) groups is 1. The molecule has 0 unspecified atom stereocenters. The number of anilines is 1. The van der Waals surface area contributed by atoms with Gasteiger partial charge in [-0.05, 0) is 31.4 Å². The molecule has 1 fully saturated rings. The molecular formula is C17H28N4. The van der Waals surface area contributed by atoms with Gasteiger partial charge in [0.15, 0.2) is 5.96 Å². The van der Waals surface area contributed by atoms with Crippen molar-refractivity contribution in [3.8, 4) is 0 Å². The zero-order chi connectivity index (χ0) is 14.9. The maximum absolute atomic E-state index is 4.31. The Bertz CT molecular complexity index is 424. The first-order chi connectivity index (χ1) is 10.3. The molecule has 0 spiro atoms. The Hall–Kier alpha value is -1.71. The smallest absolute Gasteiger partial charge is 0.191 e. The van der Waals surface area contributed by atoms with Crippen LogP contribution >= 0.6 is 0 Å². The highest BCUT2D eigenvalue weighted by atomic mass is 15.2. The number of benzene rings is 1. The molecule has 0 heterocycles. The Morgan fingerprint density at radius 1 is 1.24 bits per heavy atom. The second-order valence-electron chi connectivity index (χ2n) is 5.74. The zero-order valence-corrected chi connectivity index (χ0v) is 13.3. The number of nitrogens with one attached hydrogen (secondary N) is 2. The number of guanidine groups is 1. The molecule has 0 aliphatic heterocycles. The number of hydrogen-bond acceptors (Lipinski definition) is 2. The van der Waals surface area contributed by atoms with E-state index in [0.717, 1.165) is 25.5 Å². The van der Waals surface area contributed by atoms with E-state index in [1.54, 1.807) is 0 Å². The lowest BCUT2D eigenvalue weighted by molar-refractivity contribution is 0.610. The van der Waals surface area contributed by atoms with Gasteiger partial charge in [-0.15, -0.1) is 0 Å². The average molecular weight is 288 g/mol. The molecule has 0 saturated heterocycles. The van der Waals surface area contributed by atoms with Crippen molar-refractivity contribution in [2.75, 3.05) is 32.1 Å². The average Bonchev–Trinajstić information content (AvgIpc) is 3.04. The molecule has 0 amide bonds. The maximum atomic E-state index is 4.31. The summed E-state index contributed by atoms with van der Waals surface area (Å²) < 4.78 is 0. The summed E-state index contributed by atoms with van der Waals surface area (Å²) >= 11 is 0. The van der Waals surface area contributed by atoms with E-state index in [4.69, 9.17) is 0 Å². The minimum atomic E-state index is 0.614. The van der Waals surface area contributed by atoms with Crippen molar-refractivity contribution in [1.82, 2.24) is 10.6 Å². The van der Waals surface area contributed by atoms with Gasteiger partial charge < -0.3 is 15.5 Å². The summed E-state index contributed by atoms with van der Waals surface area (Å²) in [6.07, 6.45) is 6.33. The van der Waals surface area contributed by atoms with Crippen molar-refractivity contribution in [1.29, 1.82) is 0 Å². The van der Waals surface area contributed by atoms with Crippen molar-refractivity contribution in [2.45, 2.75) is 38.1 Å². The van der Waals surface area contributed by atoms with E-state index in [-0.39, 0.29) is 0 Å². The fourth-order valence-corrected chi connectivity index (χ4v) is 2.79. The Morgan fingerprint density at radius 3 is 2.62 bits per heavy atom. The standard InChI is InChI=1S/C17H28N4/c1-18-17(20-15-9-6-7-10-15)19-13-8-14-21(2)16-11-4-3-5-12-16/h3-5,11-12,15H,6-10,13-14H2,1-2H3,(H2,18,19,20). The van der Waals surface area contributed by atoms with E-state index in [1.807, 2.05) is 7.05 Å². The lowest BCUT2D eigenvalue weighted by Gasteiger charge is -2.20. The van der Waals surface area contributed by atoms with Crippen LogP contribution in [0.2, 0.25) is 0 Å². The van der Waals surface area contributed by atoms with E-state index in [2.05, 4.69) is 57.9 Å². The highest BCUT2D eigenvalue weighted by Crippen LogP contribution is 2.17. The summed E-state index contributed by atoms with van der Waals surface area (Å²) in [7, 11) is 3.99. The summed E-state index contributed by atoms with van der Waals surface area (Å²) in [5, 5.41) is 6.93. The SMILES string of the molecule is CN=C(NCCCN(C)c1ccccc1)NC1CCCC1. The number of rotatable bonds is 6. The first-order valence-electron chi connectivity index (χ1n) is 8.03. The Balaban J connectivity index is 1.64. The normalized spacial score (nSPS) is 16.0. The van der Waals surface area contributed by atoms with Crippen LogP contribution in [0.5, 0.6) is 0 Å². The van der Waals surface area contributed by atoms with Crippen LogP contribution in [0.3, 0.4) is 0 Å². The first kappa shape index (κ1) is 15.7. The van der Waals surface area contributed by atoms with Crippen molar-refractivity contribution in [3.05, 3.63) is 30.3 Å². The third kappa shape index (κ3) is 5.29. The van der Waals surface area contributed by atoms with Gasteiger partial charge in [-0.2, -0.15) is 0 Å². The molecule has 1 aromatic rings. The van der Waals surface area contributed by atoms with E-state index in [9.17, 15) is 0 Å². The van der Waals surface area contributed by atoms with Crippen LogP contribution in [0, 0.1) is 0 Å². The molecule has 2 N–H and O–H groups in total. The van der Waals surface area contributed by atoms with Gasteiger partial charge in [0, 0.05) is 38.9 Å². The van der Waals surface area contributed by atoms with E-state index in [1.165, 1.54) is 31.4 Å². The monoisotopic (exact) mass is 288 g/mol. The molecule has 1 aromatic carbocycles. The van der Waals surface area contributed by atoms with Crippen molar-refractivity contribution < 1.29 is 0 Å². The summed E-state index contributed by atoms with van der Waals surface area (Å²) in [4.78, 5) is 6.59. The zero-order valence-electron chi connectivity index (χ0n) is 13.3. The lowest BCUT2D eigenvalue weighted by atomic mass is 10.2. The second kappa shape index (κ2) is 8.55. The molecule has 116 valence electrons. The molecule has 4 heteroatoms. The van der Waals surface area contributed by atoms with Gasteiger partial charge in [0.05, 0.1) is 0 Å². The van der Waals surface area contributed by atoms with Crippen LogP contribution in [0.15, 0.2) is 35.3 Å². The topological polar surface area (TPSA) is 39.7 Å². The minimum absolute atomic E-state index is 0.614. The second-order valence-corrected chi connectivity index (χ2v) is 5.74. The van der Waals surface area contributed by atoms with Gasteiger partial charge in [0.2, 0.25) is 0 Å². The summed E-state index contributed by atoms with van der Waals surface area (Å²) in [5.74, 6) is 0.948. The molecule has 2 rings (SSSR count). The van der Waals surface area contributed by atoms with E-state index < -0.39 is 0 Å². The van der Waals surface area contributed by atoms with Crippen LogP contribution in [0.4, 0.5) is 5.69 Å². The van der Waals surface area contributed by atoms with Crippen molar-refractivity contribution in [2.24, 2.45) is 4.99 Å². The first-order valence-corrected chi connectivity index (χ1v) is 8.03. The molecule has 0 radical (unpaired) electrons. The Kier molecular flexibility index (Phi) is 6.38. The molecule has 1 aliphatic rings. The number of para-hydroxylation sites is 1. The van der Waals surface area contributed by atoms with Crippen LogP contribution < -0.4 is 15.5 Å². The van der Waals surface area contributed by atoms with Crippen molar-refractivity contribution >= 4 is 11.6 Å². The van der Waals surface area contributed by atoms with Crippen LogP contribution in [-0.2, 0) is 0 Å². The highest BCUT2D eigenvalue weighted by molar-refractivity contribution is 5.79. The fraction of sp³-hybridized carbons (Fsp3) is 0.588. The fourth-order valence-electron chi connectivity index (χ4n) is 2.79.